The number of rotatable bonds is 7. The van der Waals surface area contributed by atoms with Crippen LogP contribution in [0.1, 0.15) is 41.7 Å². The van der Waals surface area contributed by atoms with Gasteiger partial charge in [-0.15, -0.1) is 35.3 Å². The average Bonchev–Trinajstić information content (AvgIpc) is 3.15. The Hall–Kier alpha value is -1.09. The number of nitrogens with zero attached hydrogens (tertiary/aromatic N) is 2. The van der Waals surface area contributed by atoms with Gasteiger partial charge in [-0.05, 0) is 38.6 Å². The molecule has 0 aliphatic heterocycles. The highest BCUT2D eigenvalue weighted by molar-refractivity contribution is 14.0. The lowest BCUT2D eigenvalue weighted by Crippen LogP contribution is -2.38. The highest BCUT2D eigenvalue weighted by atomic mass is 127. The van der Waals surface area contributed by atoms with Gasteiger partial charge in [0.05, 0.1) is 5.69 Å². The van der Waals surface area contributed by atoms with E-state index >= 15 is 0 Å². The Morgan fingerprint density at radius 3 is 2.75 bits per heavy atom. The molecule has 1 atom stereocenters. The Morgan fingerprint density at radius 2 is 2.17 bits per heavy atom. The predicted molar refractivity (Wildman–Crippen MR) is 112 cm³/mol. The fourth-order valence-electron chi connectivity index (χ4n) is 2.61. The number of thiophene rings is 1. The van der Waals surface area contributed by atoms with Crippen LogP contribution in [-0.4, -0.2) is 30.8 Å². The van der Waals surface area contributed by atoms with Crippen LogP contribution in [0.25, 0.3) is 0 Å². The molecule has 0 amide bonds. The summed E-state index contributed by atoms with van der Waals surface area (Å²) < 4.78 is 5.25. The molecular formula is C17H27IN4OS. The number of hydrogen-bond donors (Lipinski definition) is 2. The molecule has 2 aromatic heterocycles. The van der Waals surface area contributed by atoms with Crippen molar-refractivity contribution >= 4 is 41.3 Å². The van der Waals surface area contributed by atoms with Gasteiger partial charge in [0.25, 0.3) is 0 Å². The van der Waals surface area contributed by atoms with Crippen LogP contribution in [0, 0.1) is 13.8 Å². The summed E-state index contributed by atoms with van der Waals surface area (Å²) >= 11 is 1.79. The summed E-state index contributed by atoms with van der Waals surface area (Å²) in [5, 5.41) is 12.8. The van der Waals surface area contributed by atoms with Gasteiger partial charge in [-0.1, -0.05) is 18.1 Å². The first kappa shape index (κ1) is 21.0. The van der Waals surface area contributed by atoms with E-state index in [-0.39, 0.29) is 29.9 Å². The first-order chi connectivity index (χ1) is 11.1. The first-order valence-corrected chi connectivity index (χ1v) is 8.97. The number of hydrogen-bond acceptors (Lipinski definition) is 4. The van der Waals surface area contributed by atoms with Crippen molar-refractivity contribution in [3.63, 3.8) is 0 Å². The van der Waals surface area contributed by atoms with Crippen molar-refractivity contribution in [3.8, 4) is 0 Å². The number of nitrogens with one attached hydrogen (secondary N) is 2. The maximum Gasteiger partial charge on any atom is 0.191 e. The van der Waals surface area contributed by atoms with Gasteiger partial charge in [0.2, 0.25) is 0 Å². The molecule has 24 heavy (non-hydrogen) atoms. The Morgan fingerprint density at radius 1 is 1.38 bits per heavy atom. The van der Waals surface area contributed by atoms with Crippen LogP contribution in [0.2, 0.25) is 0 Å². The second kappa shape index (κ2) is 10.7. The predicted octanol–water partition coefficient (Wildman–Crippen LogP) is 3.87. The molecule has 0 fully saturated rings. The Balaban J connectivity index is 0.00000288. The van der Waals surface area contributed by atoms with Gasteiger partial charge in [-0.3, -0.25) is 4.99 Å². The Bertz CT molecular complexity index is 605. The topological polar surface area (TPSA) is 62.5 Å². The second-order valence-corrected chi connectivity index (χ2v) is 6.65. The van der Waals surface area contributed by atoms with Gasteiger partial charge in [-0.2, -0.15) is 0 Å². The normalized spacial score (nSPS) is 12.6. The lowest BCUT2D eigenvalue weighted by molar-refractivity contribution is 0.391. The molecule has 2 N–H and O–H groups in total. The molecule has 1 unspecified atom stereocenters. The number of guanidine groups is 1. The van der Waals surface area contributed by atoms with Crippen molar-refractivity contribution in [1.29, 1.82) is 0 Å². The van der Waals surface area contributed by atoms with E-state index in [2.05, 4.69) is 47.2 Å². The third kappa shape index (κ3) is 6.08. The zero-order chi connectivity index (χ0) is 16.7. The van der Waals surface area contributed by atoms with Gasteiger partial charge in [0, 0.05) is 36.0 Å². The lowest BCUT2D eigenvalue weighted by Gasteiger charge is -2.13. The molecule has 2 aromatic rings. The van der Waals surface area contributed by atoms with Gasteiger partial charge in [0.1, 0.15) is 5.76 Å². The number of aliphatic imine (C=N–C) groups is 1. The van der Waals surface area contributed by atoms with Crippen molar-refractivity contribution in [3.05, 3.63) is 39.4 Å². The monoisotopic (exact) mass is 462 g/mol. The van der Waals surface area contributed by atoms with Crippen LogP contribution in [0.15, 0.2) is 27.0 Å². The maximum absolute atomic E-state index is 5.25. The van der Waals surface area contributed by atoms with E-state index in [9.17, 15) is 0 Å². The van der Waals surface area contributed by atoms with Crippen LogP contribution >= 0.6 is 35.3 Å². The summed E-state index contributed by atoms with van der Waals surface area (Å²) in [5.74, 6) is 2.04. The summed E-state index contributed by atoms with van der Waals surface area (Å²) in [6.07, 6.45) is 1.02. The molecule has 0 aromatic carbocycles. The van der Waals surface area contributed by atoms with E-state index in [4.69, 9.17) is 9.52 Å². The van der Waals surface area contributed by atoms with Crippen LogP contribution in [0.3, 0.4) is 0 Å². The molecule has 2 heterocycles. The number of halogens is 1. The van der Waals surface area contributed by atoms with Crippen LogP contribution in [0.5, 0.6) is 0 Å². The molecule has 0 aliphatic carbocycles. The smallest absolute Gasteiger partial charge is 0.191 e. The molecule has 2 rings (SSSR count). The Kier molecular flexibility index (Phi) is 9.35. The molecule has 134 valence electrons. The zero-order valence-corrected chi connectivity index (χ0v) is 17.9. The quantitative estimate of drug-likeness (QED) is 0.373. The third-order valence-corrected chi connectivity index (χ3v) is 4.63. The Labute approximate surface area is 165 Å². The highest BCUT2D eigenvalue weighted by Gasteiger charge is 2.16. The lowest BCUT2D eigenvalue weighted by atomic mass is 10.00. The van der Waals surface area contributed by atoms with Crippen molar-refractivity contribution < 1.29 is 4.52 Å². The van der Waals surface area contributed by atoms with Crippen molar-refractivity contribution in [2.75, 3.05) is 19.6 Å². The zero-order valence-electron chi connectivity index (χ0n) is 14.8. The number of aromatic nitrogens is 1. The van der Waals surface area contributed by atoms with Gasteiger partial charge in [0.15, 0.2) is 5.96 Å². The van der Waals surface area contributed by atoms with E-state index in [0.29, 0.717) is 6.54 Å². The summed E-state index contributed by atoms with van der Waals surface area (Å²) in [5.41, 5.74) is 2.13. The summed E-state index contributed by atoms with van der Waals surface area (Å²) in [7, 11) is 0. The van der Waals surface area contributed by atoms with Crippen LogP contribution in [0.4, 0.5) is 0 Å². The minimum atomic E-state index is 0. The maximum atomic E-state index is 5.25. The van der Waals surface area contributed by atoms with Crippen LogP contribution in [-0.2, 0) is 6.42 Å². The standard InChI is InChI=1S/C17H26N4OS.HI/c1-5-18-17(19-9-8-15-7-6-10-23-15)20-11-12(2)16-13(3)21-22-14(16)4;/h6-7,10,12H,5,8-9,11H2,1-4H3,(H2,18,19,20);1H. The summed E-state index contributed by atoms with van der Waals surface area (Å²) in [6.45, 7) is 10.6. The van der Waals surface area contributed by atoms with Gasteiger partial charge < -0.3 is 15.2 Å². The molecule has 0 aliphatic rings. The summed E-state index contributed by atoms with van der Waals surface area (Å²) in [6, 6.07) is 4.25. The highest BCUT2D eigenvalue weighted by Crippen LogP contribution is 2.23. The van der Waals surface area contributed by atoms with E-state index < -0.39 is 0 Å². The van der Waals surface area contributed by atoms with E-state index in [1.807, 2.05) is 13.8 Å². The second-order valence-electron chi connectivity index (χ2n) is 5.61. The van der Waals surface area contributed by atoms with Crippen molar-refractivity contribution in [1.82, 2.24) is 15.8 Å². The van der Waals surface area contributed by atoms with Crippen molar-refractivity contribution in [2.45, 2.75) is 40.0 Å². The molecule has 5 nitrogen and oxygen atoms in total. The first-order valence-electron chi connectivity index (χ1n) is 8.09. The van der Waals surface area contributed by atoms with Gasteiger partial charge >= 0.3 is 0 Å². The SMILES string of the molecule is CCNC(=NCC(C)c1c(C)noc1C)NCCc1cccs1.I. The fraction of sp³-hybridized carbons (Fsp3) is 0.529. The molecule has 7 heteroatoms. The van der Waals surface area contributed by atoms with E-state index in [1.165, 1.54) is 10.4 Å². The third-order valence-electron chi connectivity index (χ3n) is 3.69. The summed E-state index contributed by atoms with van der Waals surface area (Å²) in [4.78, 5) is 6.09. The minimum absolute atomic E-state index is 0. The molecule has 0 bridgehead atoms. The average molecular weight is 462 g/mol. The van der Waals surface area contributed by atoms with E-state index in [0.717, 1.165) is 36.9 Å². The van der Waals surface area contributed by atoms with Crippen LogP contribution < -0.4 is 10.6 Å². The van der Waals surface area contributed by atoms with E-state index in [1.54, 1.807) is 11.3 Å². The molecule has 0 saturated carbocycles. The minimum Gasteiger partial charge on any atom is -0.361 e. The number of aryl methyl sites for hydroxylation is 2. The molecule has 0 saturated heterocycles. The largest absolute Gasteiger partial charge is 0.361 e. The van der Waals surface area contributed by atoms with Crippen molar-refractivity contribution in [2.24, 2.45) is 4.99 Å². The van der Waals surface area contributed by atoms with Gasteiger partial charge in [-0.25, -0.2) is 0 Å². The molecule has 0 radical (unpaired) electrons. The molecular weight excluding hydrogens is 435 g/mol. The molecule has 0 spiro atoms. The fourth-order valence-corrected chi connectivity index (χ4v) is 3.32.